The molecule has 0 atom stereocenters. The molecule has 2 aromatic rings. The van der Waals surface area contributed by atoms with Gasteiger partial charge in [-0.15, -0.1) is 0 Å². The van der Waals surface area contributed by atoms with Crippen molar-refractivity contribution >= 4 is 5.82 Å². The lowest BCUT2D eigenvalue weighted by atomic mass is 10.2. The molecule has 0 aliphatic carbocycles. The summed E-state index contributed by atoms with van der Waals surface area (Å²) in [7, 11) is 1.68. The summed E-state index contributed by atoms with van der Waals surface area (Å²) in [6.45, 7) is 5.78. The first-order valence-corrected chi connectivity index (χ1v) is 6.13. The lowest BCUT2D eigenvalue weighted by molar-refractivity contribution is 0.414. The van der Waals surface area contributed by atoms with Crippen LogP contribution in [-0.2, 0) is 13.1 Å². The molecule has 18 heavy (non-hydrogen) atoms. The Labute approximate surface area is 108 Å². The molecule has 0 fully saturated rings. The zero-order chi connectivity index (χ0) is 13.0. The van der Waals surface area contributed by atoms with Crippen LogP contribution in [-0.4, -0.2) is 16.9 Å². The second kappa shape index (κ2) is 5.58. The van der Waals surface area contributed by atoms with Crippen LogP contribution < -0.4 is 10.1 Å². The fraction of sp³-hybridized carbons (Fsp3) is 0.357. The minimum Gasteiger partial charge on any atom is -0.497 e. The normalized spacial score (nSPS) is 10.4. The van der Waals surface area contributed by atoms with Crippen molar-refractivity contribution in [2.24, 2.45) is 0 Å². The molecule has 1 N–H and O–H groups in total. The van der Waals surface area contributed by atoms with Crippen LogP contribution in [0.1, 0.15) is 18.1 Å². The van der Waals surface area contributed by atoms with Gasteiger partial charge in [-0.1, -0.05) is 12.1 Å². The standard InChI is InChI=1S/C14H19N3O/c1-4-17-10-11(2)14(16-17)15-9-12-6-5-7-13(8-12)18-3/h5-8,10H,4,9H2,1-3H3,(H,15,16). The van der Waals surface area contributed by atoms with Crippen LogP contribution >= 0.6 is 0 Å². The van der Waals surface area contributed by atoms with Gasteiger partial charge in [-0.3, -0.25) is 4.68 Å². The average molecular weight is 245 g/mol. The van der Waals surface area contributed by atoms with E-state index in [1.165, 1.54) is 11.1 Å². The lowest BCUT2D eigenvalue weighted by Crippen LogP contribution is -2.02. The maximum atomic E-state index is 5.20. The summed E-state index contributed by atoms with van der Waals surface area (Å²) in [5, 5.41) is 7.81. The van der Waals surface area contributed by atoms with Crippen LogP contribution in [0.5, 0.6) is 5.75 Å². The third-order valence-corrected chi connectivity index (χ3v) is 2.86. The first-order valence-electron chi connectivity index (χ1n) is 6.13. The van der Waals surface area contributed by atoms with Crippen molar-refractivity contribution in [3.05, 3.63) is 41.6 Å². The zero-order valence-corrected chi connectivity index (χ0v) is 11.1. The third kappa shape index (κ3) is 2.83. The molecule has 2 rings (SSSR count). The smallest absolute Gasteiger partial charge is 0.151 e. The van der Waals surface area contributed by atoms with Crippen LogP contribution in [0.25, 0.3) is 0 Å². The predicted octanol–water partition coefficient (Wildman–Crippen LogP) is 2.83. The second-order valence-electron chi connectivity index (χ2n) is 4.22. The highest BCUT2D eigenvalue weighted by Gasteiger charge is 2.03. The Bertz CT molecular complexity index is 520. The van der Waals surface area contributed by atoms with Crippen molar-refractivity contribution in [2.45, 2.75) is 26.9 Å². The summed E-state index contributed by atoms with van der Waals surface area (Å²) in [6, 6.07) is 8.04. The molecule has 0 radical (unpaired) electrons. The van der Waals surface area contributed by atoms with E-state index in [2.05, 4.69) is 30.3 Å². The van der Waals surface area contributed by atoms with Gasteiger partial charge in [0.25, 0.3) is 0 Å². The molecule has 0 amide bonds. The molecule has 4 heteroatoms. The summed E-state index contributed by atoms with van der Waals surface area (Å²) in [5.74, 6) is 1.82. The molecule has 0 bridgehead atoms. The van der Waals surface area contributed by atoms with Gasteiger partial charge in [0.15, 0.2) is 5.82 Å². The van der Waals surface area contributed by atoms with E-state index in [1.807, 2.05) is 29.1 Å². The van der Waals surface area contributed by atoms with Crippen molar-refractivity contribution in [1.29, 1.82) is 0 Å². The average Bonchev–Trinajstić information content (AvgIpc) is 2.77. The summed E-state index contributed by atoms with van der Waals surface area (Å²) in [6.07, 6.45) is 2.05. The molecule has 0 unspecified atom stereocenters. The van der Waals surface area contributed by atoms with Crippen molar-refractivity contribution in [2.75, 3.05) is 12.4 Å². The summed E-state index contributed by atoms with van der Waals surface area (Å²) < 4.78 is 7.14. The number of rotatable bonds is 5. The highest BCUT2D eigenvalue weighted by Crippen LogP contribution is 2.16. The van der Waals surface area contributed by atoms with Crippen LogP contribution in [0.4, 0.5) is 5.82 Å². The van der Waals surface area contributed by atoms with E-state index in [0.29, 0.717) is 0 Å². The van der Waals surface area contributed by atoms with Crippen LogP contribution in [0.2, 0.25) is 0 Å². The molecule has 0 saturated heterocycles. The van der Waals surface area contributed by atoms with Crippen molar-refractivity contribution in [1.82, 2.24) is 9.78 Å². The van der Waals surface area contributed by atoms with Gasteiger partial charge in [0.1, 0.15) is 5.75 Å². The van der Waals surface area contributed by atoms with Gasteiger partial charge in [0.2, 0.25) is 0 Å². The van der Waals surface area contributed by atoms with Crippen LogP contribution in [0, 0.1) is 6.92 Å². The number of methoxy groups -OCH3 is 1. The highest BCUT2D eigenvalue weighted by molar-refractivity contribution is 5.43. The number of ether oxygens (including phenoxy) is 1. The van der Waals surface area contributed by atoms with E-state index in [4.69, 9.17) is 4.74 Å². The fourth-order valence-corrected chi connectivity index (χ4v) is 1.83. The number of aromatic nitrogens is 2. The Balaban J connectivity index is 2.03. The minimum atomic E-state index is 0.749. The van der Waals surface area contributed by atoms with E-state index >= 15 is 0 Å². The van der Waals surface area contributed by atoms with Crippen molar-refractivity contribution in [3.8, 4) is 5.75 Å². The maximum Gasteiger partial charge on any atom is 0.151 e. The first kappa shape index (κ1) is 12.5. The molecule has 96 valence electrons. The molecule has 0 spiro atoms. The number of nitrogens with one attached hydrogen (secondary N) is 1. The molecule has 1 heterocycles. The molecule has 4 nitrogen and oxygen atoms in total. The molecule has 0 aliphatic heterocycles. The number of benzene rings is 1. The predicted molar refractivity (Wildman–Crippen MR) is 73.0 cm³/mol. The minimum absolute atomic E-state index is 0.749. The lowest BCUT2D eigenvalue weighted by Gasteiger charge is -2.06. The third-order valence-electron chi connectivity index (χ3n) is 2.86. The summed E-state index contributed by atoms with van der Waals surface area (Å²) >= 11 is 0. The number of anilines is 1. The Morgan fingerprint density at radius 2 is 2.22 bits per heavy atom. The van der Waals surface area contributed by atoms with E-state index in [-0.39, 0.29) is 0 Å². The number of nitrogens with zero attached hydrogens (tertiary/aromatic N) is 2. The van der Waals surface area contributed by atoms with Gasteiger partial charge in [-0.2, -0.15) is 5.10 Å². The van der Waals surface area contributed by atoms with Crippen LogP contribution in [0.3, 0.4) is 0 Å². The largest absolute Gasteiger partial charge is 0.497 e. The molecular formula is C14H19N3O. The SMILES string of the molecule is CCn1cc(C)c(NCc2cccc(OC)c2)n1. The van der Waals surface area contributed by atoms with E-state index in [9.17, 15) is 0 Å². The van der Waals surface area contributed by atoms with Gasteiger partial charge < -0.3 is 10.1 Å². The van der Waals surface area contributed by atoms with Gasteiger partial charge >= 0.3 is 0 Å². The number of hydrogen-bond donors (Lipinski definition) is 1. The van der Waals surface area contributed by atoms with Gasteiger partial charge in [-0.05, 0) is 31.5 Å². The van der Waals surface area contributed by atoms with E-state index < -0.39 is 0 Å². The Hall–Kier alpha value is -1.97. The second-order valence-corrected chi connectivity index (χ2v) is 4.22. The summed E-state index contributed by atoms with van der Waals surface area (Å²) in [4.78, 5) is 0. The Morgan fingerprint density at radius 3 is 2.89 bits per heavy atom. The van der Waals surface area contributed by atoms with Gasteiger partial charge in [-0.25, -0.2) is 0 Å². The van der Waals surface area contributed by atoms with Gasteiger partial charge in [0.05, 0.1) is 7.11 Å². The molecule has 0 aliphatic rings. The van der Waals surface area contributed by atoms with E-state index in [1.54, 1.807) is 7.11 Å². The van der Waals surface area contributed by atoms with Crippen molar-refractivity contribution in [3.63, 3.8) is 0 Å². The quantitative estimate of drug-likeness (QED) is 0.880. The number of hydrogen-bond acceptors (Lipinski definition) is 3. The maximum absolute atomic E-state index is 5.20. The molecule has 1 aromatic carbocycles. The molecule has 0 saturated carbocycles. The molecule has 1 aromatic heterocycles. The highest BCUT2D eigenvalue weighted by atomic mass is 16.5. The zero-order valence-electron chi connectivity index (χ0n) is 11.1. The van der Waals surface area contributed by atoms with Crippen LogP contribution in [0.15, 0.2) is 30.5 Å². The molecular weight excluding hydrogens is 226 g/mol. The monoisotopic (exact) mass is 245 g/mol. The Kier molecular flexibility index (Phi) is 3.87. The van der Waals surface area contributed by atoms with Gasteiger partial charge in [0, 0.05) is 24.8 Å². The topological polar surface area (TPSA) is 39.1 Å². The first-order chi connectivity index (χ1) is 8.72. The fourth-order valence-electron chi connectivity index (χ4n) is 1.83. The number of aryl methyl sites for hydroxylation is 2. The van der Waals surface area contributed by atoms with E-state index in [0.717, 1.165) is 24.7 Å². The van der Waals surface area contributed by atoms with Crippen molar-refractivity contribution < 1.29 is 4.74 Å². The summed E-state index contributed by atoms with van der Waals surface area (Å²) in [5.41, 5.74) is 2.35. The Morgan fingerprint density at radius 1 is 1.39 bits per heavy atom.